The van der Waals surface area contributed by atoms with Gasteiger partial charge < -0.3 is 24.8 Å². The van der Waals surface area contributed by atoms with Gasteiger partial charge in [0.2, 0.25) is 5.95 Å². The van der Waals surface area contributed by atoms with Crippen LogP contribution in [0.4, 0.5) is 26.6 Å². The van der Waals surface area contributed by atoms with Crippen LogP contribution in [0.15, 0.2) is 24.4 Å². The number of rotatable bonds is 7. The van der Waals surface area contributed by atoms with E-state index in [0.717, 1.165) is 37.8 Å². The quantitative estimate of drug-likeness (QED) is 0.498. The second-order valence-corrected chi connectivity index (χ2v) is 11.1. The van der Waals surface area contributed by atoms with Crippen LogP contribution in [0.1, 0.15) is 47.5 Å². The number of halogens is 2. The summed E-state index contributed by atoms with van der Waals surface area (Å²) in [6.45, 7) is 11.4. The number of aromatic nitrogens is 2. The Morgan fingerprint density at radius 2 is 1.97 bits per heavy atom. The fraction of sp³-hybridized carbons (Fsp3) is 0.577. The van der Waals surface area contributed by atoms with Crippen LogP contribution >= 0.6 is 11.6 Å². The number of piperidine rings is 1. The third-order valence-corrected chi connectivity index (χ3v) is 7.16. The summed E-state index contributed by atoms with van der Waals surface area (Å²) in [7, 11) is 0. The number of carbonyl (C=O) groups is 1. The molecule has 202 valence electrons. The molecule has 1 unspecified atom stereocenters. The van der Waals surface area contributed by atoms with Crippen LogP contribution in [-0.4, -0.2) is 64.7 Å². The summed E-state index contributed by atoms with van der Waals surface area (Å²) in [5, 5.41) is 13.5. The summed E-state index contributed by atoms with van der Waals surface area (Å²) in [5.41, 5.74) is 0.497. The number of nitrogens with one attached hydrogen (secondary N) is 1. The van der Waals surface area contributed by atoms with E-state index in [1.54, 1.807) is 12.1 Å². The highest BCUT2D eigenvalue weighted by atomic mass is 35.5. The van der Waals surface area contributed by atoms with Crippen molar-refractivity contribution in [2.75, 3.05) is 34.8 Å². The highest BCUT2D eigenvalue weighted by molar-refractivity contribution is 6.32. The first-order valence-electron chi connectivity index (χ1n) is 12.6. The maximum Gasteiger partial charge on any atom is 0.416 e. The molecule has 3 atom stereocenters. The maximum atomic E-state index is 14.8. The fourth-order valence-electron chi connectivity index (χ4n) is 4.93. The van der Waals surface area contributed by atoms with Crippen LogP contribution in [0.3, 0.4) is 0 Å². The van der Waals surface area contributed by atoms with Gasteiger partial charge in [-0.15, -0.1) is 0 Å². The predicted molar refractivity (Wildman–Crippen MR) is 141 cm³/mol. The Labute approximate surface area is 221 Å². The van der Waals surface area contributed by atoms with E-state index in [9.17, 15) is 14.3 Å². The topological polar surface area (TPSA) is 100 Å². The van der Waals surface area contributed by atoms with E-state index < -0.39 is 29.7 Å². The normalized spacial score (nSPS) is 20.6. The number of hydrogen-bond donors (Lipinski definition) is 2. The summed E-state index contributed by atoms with van der Waals surface area (Å²) in [6.07, 6.45) is 1.84. The largest absolute Gasteiger partial charge is 0.506 e. The molecule has 1 aromatic heterocycles. The molecule has 2 aliphatic rings. The van der Waals surface area contributed by atoms with Crippen LogP contribution in [0.25, 0.3) is 0 Å². The van der Waals surface area contributed by atoms with Gasteiger partial charge in [0.15, 0.2) is 11.6 Å². The van der Waals surface area contributed by atoms with Gasteiger partial charge >= 0.3 is 6.09 Å². The molecule has 0 aliphatic carbocycles. The van der Waals surface area contributed by atoms with Gasteiger partial charge in [0.1, 0.15) is 18.4 Å². The monoisotopic (exact) mass is 535 g/mol. The summed E-state index contributed by atoms with van der Waals surface area (Å²) < 4.78 is 26.1. The maximum absolute atomic E-state index is 14.8. The number of amides is 1. The number of cyclic esters (lactones) is 1. The lowest BCUT2D eigenvalue weighted by molar-refractivity contribution is -0.0618. The highest BCUT2D eigenvalue weighted by Gasteiger charge is 2.42. The number of aromatic hydroxyl groups is 1. The molecule has 2 aliphatic heterocycles. The van der Waals surface area contributed by atoms with E-state index in [1.165, 1.54) is 4.90 Å². The zero-order valence-electron chi connectivity index (χ0n) is 21.9. The average Bonchev–Trinajstić information content (AvgIpc) is 3.22. The van der Waals surface area contributed by atoms with E-state index >= 15 is 0 Å². The second-order valence-electron chi connectivity index (χ2n) is 10.7. The molecule has 2 N–H and O–H groups in total. The van der Waals surface area contributed by atoms with Crippen LogP contribution < -0.4 is 15.1 Å². The number of carbonyl (C=O) groups excluding carboxylic acids is 1. The van der Waals surface area contributed by atoms with Crippen molar-refractivity contribution >= 4 is 35.1 Å². The molecule has 9 nitrogen and oxygen atoms in total. The number of phenols is 1. The number of anilines is 3. The zero-order chi connectivity index (χ0) is 26.9. The number of ether oxygens (including phenoxy) is 2. The molecule has 0 saturated carbocycles. The van der Waals surface area contributed by atoms with Crippen molar-refractivity contribution < 1.29 is 23.8 Å². The molecule has 11 heteroatoms. The molecular formula is C26H35ClFN5O4. The van der Waals surface area contributed by atoms with Crippen molar-refractivity contribution in [3.05, 3.63) is 35.2 Å². The van der Waals surface area contributed by atoms with E-state index in [2.05, 4.69) is 20.2 Å². The van der Waals surface area contributed by atoms with Gasteiger partial charge in [0.05, 0.1) is 22.9 Å². The van der Waals surface area contributed by atoms with Gasteiger partial charge in [-0.05, 0) is 65.5 Å². The van der Waals surface area contributed by atoms with Gasteiger partial charge in [-0.3, -0.25) is 0 Å². The van der Waals surface area contributed by atoms with Gasteiger partial charge in [-0.2, -0.15) is 4.98 Å². The van der Waals surface area contributed by atoms with Crippen molar-refractivity contribution in [2.24, 2.45) is 5.92 Å². The molecule has 2 aromatic rings. The first-order valence-corrected chi connectivity index (χ1v) is 13.0. The molecular weight excluding hydrogens is 501 g/mol. The van der Waals surface area contributed by atoms with Crippen molar-refractivity contribution in [3.63, 3.8) is 0 Å². The lowest BCUT2D eigenvalue weighted by atomic mass is 9.90. The number of nitrogens with zero attached hydrogens (tertiary/aromatic N) is 4. The van der Waals surface area contributed by atoms with Crippen LogP contribution in [-0.2, 0) is 9.47 Å². The van der Waals surface area contributed by atoms with E-state index in [0.29, 0.717) is 10.9 Å². The van der Waals surface area contributed by atoms with Crippen molar-refractivity contribution in [1.29, 1.82) is 0 Å². The molecule has 0 bridgehead atoms. The third kappa shape index (κ3) is 6.35. The molecule has 0 radical (unpaired) electrons. The fourth-order valence-corrected chi connectivity index (χ4v) is 5.05. The molecule has 4 rings (SSSR count). The average molecular weight is 536 g/mol. The van der Waals surface area contributed by atoms with Crippen LogP contribution in [0.2, 0.25) is 5.02 Å². The minimum atomic E-state index is -0.704. The lowest BCUT2D eigenvalue weighted by Gasteiger charge is -2.36. The Morgan fingerprint density at radius 3 is 2.62 bits per heavy atom. The highest BCUT2D eigenvalue weighted by Crippen LogP contribution is 2.32. The Bertz CT molecular complexity index is 1120. The standard InChI is InChI=1S/C26H35ClFN5O4/c1-15(17-8-10-32(11-9-17)18-6-7-19(27)22(34)12-18)30-24-29-13-20(28)23(31-24)33-21(14-36-25(33)35)16(2)37-26(3,4)5/h6-7,12-13,15-17,21,34H,8-11,14H2,1-5H3,(H,29,30,31)/t15-,16?,21+/m0/s1. The SMILES string of the molecule is CC(OC(C)(C)C)[C@H]1COC(=O)N1c1nc(N[C@@H](C)C2CCN(c3ccc(Cl)c(O)c3)CC2)ncc1F. The predicted octanol–water partition coefficient (Wildman–Crippen LogP) is 5.22. The van der Waals surface area contributed by atoms with Crippen molar-refractivity contribution in [1.82, 2.24) is 9.97 Å². The molecule has 3 heterocycles. The molecule has 0 spiro atoms. The Balaban J connectivity index is 1.42. The van der Waals surface area contributed by atoms with Gasteiger partial charge in [0.25, 0.3) is 0 Å². The minimum absolute atomic E-state index is 0.0172. The smallest absolute Gasteiger partial charge is 0.416 e. The van der Waals surface area contributed by atoms with Crippen LogP contribution in [0, 0.1) is 11.7 Å². The summed E-state index contributed by atoms with van der Waals surface area (Å²) >= 11 is 5.93. The van der Waals surface area contributed by atoms with E-state index in [1.807, 2.05) is 40.7 Å². The van der Waals surface area contributed by atoms with Gasteiger partial charge in [-0.25, -0.2) is 19.1 Å². The van der Waals surface area contributed by atoms with Crippen molar-refractivity contribution in [3.8, 4) is 5.75 Å². The number of phenolic OH excluding ortho intramolecular Hbond substituents is 1. The molecule has 1 aromatic carbocycles. The minimum Gasteiger partial charge on any atom is -0.506 e. The van der Waals surface area contributed by atoms with Crippen LogP contribution in [0.5, 0.6) is 5.75 Å². The zero-order valence-corrected chi connectivity index (χ0v) is 22.6. The number of hydrogen-bond acceptors (Lipinski definition) is 8. The summed E-state index contributed by atoms with van der Waals surface area (Å²) in [6, 6.07) is 4.79. The van der Waals surface area contributed by atoms with Crippen molar-refractivity contribution in [2.45, 2.75) is 71.2 Å². The first-order chi connectivity index (χ1) is 17.4. The van der Waals surface area contributed by atoms with E-state index in [-0.39, 0.29) is 30.2 Å². The molecule has 37 heavy (non-hydrogen) atoms. The lowest BCUT2D eigenvalue weighted by Crippen LogP contribution is -2.45. The molecule has 2 fully saturated rings. The Hall–Kier alpha value is -2.85. The van der Waals surface area contributed by atoms with Gasteiger partial charge in [-0.1, -0.05) is 11.6 Å². The third-order valence-electron chi connectivity index (χ3n) is 6.84. The molecule has 1 amide bonds. The Morgan fingerprint density at radius 1 is 1.27 bits per heavy atom. The van der Waals surface area contributed by atoms with Gasteiger partial charge in [0, 0.05) is 30.9 Å². The number of benzene rings is 1. The second kappa shape index (κ2) is 10.9. The summed E-state index contributed by atoms with van der Waals surface area (Å²) in [5.74, 6) is -0.178. The first kappa shape index (κ1) is 27.2. The van der Waals surface area contributed by atoms with E-state index in [4.69, 9.17) is 21.1 Å². The summed E-state index contributed by atoms with van der Waals surface area (Å²) in [4.78, 5) is 24.5. The Kier molecular flexibility index (Phi) is 7.99. The molecule has 2 saturated heterocycles.